The van der Waals surface area contributed by atoms with E-state index in [0.717, 1.165) is 20.9 Å². The maximum absolute atomic E-state index is 12.3. The summed E-state index contributed by atoms with van der Waals surface area (Å²) in [5, 5.41) is 7.72. The van der Waals surface area contributed by atoms with Crippen molar-refractivity contribution in [2.24, 2.45) is 0 Å². The van der Waals surface area contributed by atoms with Gasteiger partial charge in [0, 0.05) is 15.4 Å². The van der Waals surface area contributed by atoms with E-state index in [0.29, 0.717) is 30.3 Å². The van der Waals surface area contributed by atoms with Crippen LogP contribution in [0.2, 0.25) is 0 Å². The summed E-state index contributed by atoms with van der Waals surface area (Å²) >= 11 is 3.47. The van der Waals surface area contributed by atoms with Gasteiger partial charge in [0.2, 0.25) is 0 Å². The predicted octanol–water partition coefficient (Wildman–Crippen LogP) is 3.45. The molecule has 0 spiro atoms. The van der Waals surface area contributed by atoms with E-state index in [-0.39, 0.29) is 6.61 Å². The Morgan fingerprint density at radius 3 is 2.83 bits per heavy atom. The first-order valence-corrected chi connectivity index (χ1v) is 8.18. The highest BCUT2D eigenvalue weighted by Crippen LogP contribution is 2.35. The molecule has 0 saturated heterocycles. The molecule has 3 aromatic rings. The molecule has 0 bridgehead atoms. The first-order valence-electron chi connectivity index (χ1n) is 7.39. The van der Waals surface area contributed by atoms with Gasteiger partial charge in [-0.1, -0.05) is 22.0 Å². The molecule has 0 radical (unpaired) electrons. The summed E-state index contributed by atoms with van der Waals surface area (Å²) in [6.07, 6.45) is 1.71. The molecule has 0 aliphatic carbocycles. The van der Waals surface area contributed by atoms with Gasteiger partial charge in [-0.15, -0.1) is 0 Å². The van der Waals surface area contributed by atoms with Crippen LogP contribution in [0.4, 0.5) is 0 Å². The van der Waals surface area contributed by atoms with E-state index in [1.807, 2.05) is 18.2 Å². The lowest BCUT2D eigenvalue weighted by molar-refractivity contribution is 0.0471. The SMILES string of the molecule is O=C(OCc1cc2c(cc1Br)OCCO2)c1ccc2cn[nH]c2c1. The highest BCUT2D eigenvalue weighted by atomic mass is 79.9. The number of hydrogen-bond donors (Lipinski definition) is 1. The zero-order valence-corrected chi connectivity index (χ0v) is 14.1. The second kappa shape index (κ2) is 6.16. The summed E-state index contributed by atoms with van der Waals surface area (Å²) in [6.45, 7) is 1.18. The van der Waals surface area contributed by atoms with E-state index in [1.54, 1.807) is 18.3 Å². The number of aromatic nitrogens is 2. The van der Waals surface area contributed by atoms with Crippen LogP contribution in [0, 0.1) is 0 Å². The van der Waals surface area contributed by atoms with Crippen LogP contribution in [0.1, 0.15) is 15.9 Å². The first kappa shape index (κ1) is 15.0. The first-order chi connectivity index (χ1) is 11.7. The van der Waals surface area contributed by atoms with Crippen molar-refractivity contribution < 1.29 is 19.0 Å². The Morgan fingerprint density at radius 1 is 1.21 bits per heavy atom. The molecule has 0 fully saturated rings. The summed E-state index contributed by atoms with van der Waals surface area (Å²) in [6, 6.07) is 8.93. The number of ether oxygens (including phenoxy) is 3. The van der Waals surface area contributed by atoms with Crippen LogP contribution in [0.3, 0.4) is 0 Å². The van der Waals surface area contributed by atoms with Crippen molar-refractivity contribution in [1.82, 2.24) is 10.2 Å². The Bertz CT molecular complexity index is 922. The van der Waals surface area contributed by atoms with Crippen LogP contribution in [-0.2, 0) is 11.3 Å². The number of halogens is 1. The van der Waals surface area contributed by atoms with E-state index in [2.05, 4.69) is 26.1 Å². The number of carbonyl (C=O) groups excluding carboxylic acids is 1. The molecule has 1 aromatic heterocycles. The van der Waals surface area contributed by atoms with Crippen LogP contribution in [0.25, 0.3) is 10.9 Å². The molecule has 1 aliphatic heterocycles. The summed E-state index contributed by atoms with van der Waals surface area (Å²) in [7, 11) is 0. The van der Waals surface area contributed by atoms with Gasteiger partial charge in [-0.25, -0.2) is 4.79 Å². The number of hydrogen-bond acceptors (Lipinski definition) is 5. The van der Waals surface area contributed by atoms with Crippen molar-refractivity contribution >= 4 is 32.8 Å². The molecule has 0 unspecified atom stereocenters. The molecule has 1 N–H and O–H groups in total. The fourth-order valence-corrected chi connectivity index (χ4v) is 2.94. The van der Waals surface area contributed by atoms with Gasteiger partial charge in [0.05, 0.1) is 17.3 Å². The van der Waals surface area contributed by atoms with E-state index < -0.39 is 5.97 Å². The molecule has 6 nitrogen and oxygen atoms in total. The molecule has 24 heavy (non-hydrogen) atoms. The minimum atomic E-state index is -0.395. The van der Waals surface area contributed by atoms with Crippen LogP contribution in [0.5, 0.6) is 11.5 Å². The van der Waals surface area contributed by atoms with Gasteiger partial charge in [0.25, 0.3) is 0 Å². The number of nitrogens with zero attached hydrogens (tertiary/aromatic N) is 1. The molecular weight excluding hydrogens is 376 g/mol. The Kier molecular flexibility index (Phi) is 3.86. The average molecular weight is 389 g/mol. The van der Waals surface area contributed by atoms with Crippen LogP contribution in [-0.4, -0.2) is 29.4 Å². The van der Waals surface area contributed by atoms with Gasteiger partial charge < -0.3 is 14.2 Å². The largest absolute Gasteiger partial charge is 0.486 e. The van der Waals surface area contributed by atoms with Crippen molar-refractivity contribution in [1.29, 1.82) is 0 Å². The zero-order valence-electron chi connectivity index (χ0n) is 12.5. The van der Waals surface area contributed by atoms with Crippen LogP contribution in [0.15, 0.2) is 41.0 Å². The van der Waals surface area contributed by atoms with E-state index >= 15 is 0 Å². The lowest BCUT2D eigenvalue weighted by Gasteiger charge is -2.19. The number of fused-ring (bicyclic) bond motifs is 2. The third kappa shape index (κ3) is 2.82. The number of H-pyrrole nitrogens is 1. The van der Waals surface area contributed by atoms with Gasteiger partial charge >= 0.3 is 5.97 Å². The fraction of sp³-hybridized carbons (Fsp3) is 0.176. The molecule has 0 amide bonds. The lowest BCUT2D eigenvalue weighted by Crippen LogP contribution is -2.15. The predicted molar refractivity (Wildman–Crippen MR) is 90.3 cm³/mol. The second-order valence-corrected chi connectivity index (χ2v) is 6.19. The third-order valence-corrected chi connectivity index (χ3v) is 4.49. The maximum atomic E-state index is 12.3. The molecule has 2 aromatic carbocycles. The van der Waals surface area contributed by atoms with Crippen molar-refractivity contribution in [3.63, 3.8) is 0 Å². The minimum absolute atomic E-state index is 0.136. The molecule has 1 aliphatic rings. The van der Waals surface area contributed by atoms with Gasteiger partial charge in [-0.05, 0) is 24.3 Å². The summed E-state index contributed by atoms with van der Waals surface area (Å²) in [4.78, 5) is 12.3. The Labute approximate surface area is 145 Å². The molecular formula is C17H13BrN2O4. The number of carbonyl (C=O) groups is 1. The maximum Gasteiger partial charge on any atom is 0.338 e. The minimum Gasteiger partial charge on any atom is -0.486 e. The smallest absolute Gasteiger partial charge is 0.338 e. The number of esters is 1. The van der Waals surface area contributed by atoms with Crippen molar-refractivity contribution in [3.8, 4) is 11.5 Å². The number of benzene rings is 2. The molecule has 7 heteroatoms. The van der Waals surface area contributed by atoms with E-state index in [9.17, 15) is 4.79 Å². The Balaban J connectivity index is 1.50. The number of nitrogens with one attached hydrogen (secondary N) is 1. The molecule has 2 heterocycles. The molecule has 0 saturated carbocycles. The average Bonchev–Trinajstić information content (AvgIpc) is 3.07. The second-order valence-electron chi connectivity index (χ2n) is 5.34. The van der Waals surface area contributed by atoms with Gasteiger partial charge in [0.15, 0.2) is 11.5 Å². The van der Waals surface area contributed by atoms with Gasteiger partial charge in [-0.3, -0.25) is 5.10 Å². The highest BCUT2D eigenvalue weighted by Gasteiger charge is 2.16. The monoisotopic (exact) mass is 388 g/mol. The van der Waals surface area contributed by atoms with Crippen LogP contribution < -0.4 is 9.47 Å². The fourth-order valence-electron chi connectivity index (χ4n) is 2.51. The summed E-state index contributed by atoms with van der Waals surface area (Å²) < 4.78 is 17.3. The zero-order chi connectivity index (χ0) is 16.5. The topological polar surface area (TPSA) is 73.4 Å². The highest BCUT2D eigenvalue weighted by molar-refractivity contribution is 9.10. The van der Waals surface area contributed by atoms with Gasteiger partial charge in [-0.2, -0.15) is 5.10 Å². The third-order valence-electron chi connectivity index (χ3n) is 3.75. The van der Waals surface area contributed by atoms with E-state index in [1.165, 1.54) is 0 Å². The summed E-state index contributed by atoms with van der Waals surface area (Å²) in [5.41, 5.74) is 2.08. The number of aromatic amines is 1. The Morgan fingerprint density at radius 2 is 2.00 bits per heavy atom. The van der Waals surface area contributed by atoms with Crippen molar-refractivity contribution in [2.45, 2.75) is 6.61 Å². The lowest BCUT2D eigenvalue weighted by atomic mass is 10.1. The van der Waals surface area contributed by atoms with Crippen LogP contribution >= 0.6 is 15.9 Å². The molecule has 4 rings (SSSR count). The summed E-state index contributed by atoms with van der Waals surface area (Å²) in [5.74, 6) is 0.954. The standard InChI is InChI=1S/C17H13BrN2O4/c18-13-7-16-15(22-3-4-23-16)6-12(13)9-24-17(21)10-1-2-11-8-19-20-14(11)5-10/h1-2,5-8H,3-4,9H2,(H,19,20). The Hall–Kier alpha value is -2.54. The molecule has 0 atom stereocenters. The quantitative estimate of drug-likeness (QED) is 0.695. The molecule has 122 valence electrons. The normalized spacial score (nSPS) is 13.0. The van der Waals surface area contributed by atoms with Crippen molar-refractivity contribution in [3.05, 3.63) is 52.1 Å². The van der Waals surface area contributed by atoms with Crippen molar-refractivity contribution in [2.75, 3.05) is 13.2 Å². The number of rotatable bonds is 3. The van der Waals surface area contributed by atoms with E-state index in [4.69, 9.17) is 14.2 Å². The van der Waals surface area contributed by atoms with Gasteiger partial charge in [0.1, 0.15) is 19.8 Å².